The summed E-state index contributed by atoms with van der Waals surface area (Å²) in [6.07, 6.45) is 7.39. The lowest BCUT2D eigenvalue weighted by Crippen LogP contribution is -2.30. The first-order valence-electron chi connectivity index (χ1n) is 8.15. The lowest BCUT2D eigenvalue weighted by atomic mass is 10.1. The van der Waals surface area contributed by atoms with Crippen LogP contribution in [0.3, 0.4) is 0 Å². The molecular formula is C18H20N4O2. The van der Waals surface area contributed by atoms with E-state index < -0.39 is 0 Å². The van der Waals surface area contributed by atoms with E-state index in [-0.39, 0.29) is 10.6 Å². The molecule has 0 saturated carbocycles. The summed E-state index contributed by atoms with van der Waals surface area (Å²) in [4.78, 5) is 21.7. The number of hydrogen-bond acceptors (Lipinski definition) is 5. The highest BCUT2D eigenvalue weighted by Gasteiger charge is 2.13. The first kappa shape index (κ1) is 16.1. The molecule has 1 aromatic heterocycles. The predicted molar refractivity (Wildman–Crippen MR) is 94.9 cm³/mol. The molecule has 6 nitrogen and oxygen atoms in total. The van der Waals surface area contributed by atoms with Crippen LogP contribution in [0.4, 0.5) is 11.5 Å². The fourth-order valence-electron chi connectivity index (χ4n) is 2.87. The third kappa shape index (κ3) is 3.95. The van der Waals surface area contributed by atoms with E-state index in [1.165, 1.54) is 25.3 Å². The van der Waals surface area contributed by atoms with Crippen molar-refractivity contribution < 1.29 is 4.92 Å². The number of nitrogens with zero attached hydrogens (tertiary/aromatic N) is 4. The van der Waals surface area contributed by atoms with Crippen LogP contribution >= 0.6 is 0 Å². The zero-order chi connectivity index (χ0) is 16.9. The van der Waals surface area contributed by atoms with Crippen molar-refractivity contribution in [2.45, 2.75) is 26.2 Å². The van der Waals surface area contributed by atoms with Crippen molar-refractivity contribution in [3.05, 3.63) is 57.5 Å². The number of nitro groups is 1. The molecule has 0 atom stereocenters. The van der Waals surface area contributed by atoms with Gasteiger partial charge in [-0.05, 0) is 37.8 Å². The maximum atomic E-state index is 10.8. The number of aromatic nitrogens is 2. The summed E-state index contributed by atoms with van der Waals surface area (Å²) in [5.41, 5.74) is 1.68. The molecule has 3 rings (SSSR count). The largest absolute Gasteiger partial charge is 0.356 e. The predicted octanol–water partition coefficient (Wildman–Crippen LogP) is 3.85. The van der Waals surface area contributed by atoms with Gasteiger partial charge in [0.25, 0.3) is 5.69 Å². The van der Waals surface area contributed by atoms with Crippen LogP contribution in [-0.2, 0) is 0 Å². The van der Waals surface area contributed by atoms with Crippen LogP contribution in [0.5, 0.6) is 0 Å². The zero-order valence-electron chi connectivity index (χ0n) is 13.7. The van der Waals surface area contributed by atoms with E-state index in [0.29, 0.717) is 0 Å². The van der Waals surface area contributed by atoms with Gasteiger partial charge < -0.3 is 4.90 Å². The Balaban J connectivity index is 1.82. The highest BCUT2D eigenvalue weighted by Crippen LogP contribution is 2.20. The van der Waals surface area contributed by atoms with Crippen LogP contribution in [0.2, 0.25) is 0 Å². The fraction of sp³-hybridized carbons (Fsp3) is 0.333. The first-order valence-corrected chi connectivity index (χ1v) is 8.15. The zero-order valence-corrected chi connectivity index (χ0v) is 13.7. The summed E-state index contributed by atoms with van der Waals surface area (Å²) in [6.45, 7) is 3.95. The van der Waals surface area contributed by atoms with Crippen LogP contribution < -0.4 is 4.90 Å². The third-order valence-corrected chi connectivity index (χ3v) is 4.05. The Labute approximate surface area is 141 Å². The Kier molecular flexibility index (Phi) is 4.84. The van der Waals surface area contributed by atoms with Gasteiger partial charge in [0.2, 0.25) is 0 Å². The third-order valence-electron chi connectivity index (χ3n) is 4.05. The number of anilines is 1. The van der Waals surface area contributed by atoms with E-state index in [1.54, 1.807) is 12.1 Å². The van der Waals surface area contributed by atoms with Crippen molar-refractivity contribution in [3.63, 3.8) is 0 Å². The van der Waals surface area contributed by atoms with Gasteiger partial charge in [0.1, 0.15) is 11.6 Å². The number of benzene rings is 1. The quantitative estimate of drug-likeness (QED) is 0.631. The average Bonchev–Trinajstić information content (AvgIpc) is 2.60. The molecule has 2 aromatic rings. The van der Waals surface area contributed by atoms with E-state index >= 15 is 0 Å². The molecule has 0 bridgehead atoms. The van der Waals surface area contributed by atoms with Gasteiger partial charge in [0.05, 0.1) is 10.6 Å². The van der Waals surface area contributed by atoms with Crippen molar-refractivity contribution in [1.82, 2.24) is 9.97 Å². The second-order valence-corrected chi connectivity index (χ2v) is 5.93. The Morgan fingerprint density at radius 3 is 2.67 bits per heavy atom. The molecule has 0 unspecified atom stereocenters. The molecule has 1 fully saturated rings. The standard InChI is InChI=1S/C18H20N4O2/c1-14-19-16(13-18(20-14)21-10-3-2-4-11-21)9-8-15-6-5-7-17(12-15)22(23)24/h5-9,12-13H,2-4,10-11H2,1H3/b9-8+. The molecule has 0 amide bonds. The van der Waals surface area contributed by atoms with Crippen LogP contribution in [0.15, 0.2) is 30.3 Å². The highest BCUT2D eigenvalue weighted by molar-refractivity contribution is 5.70. The van der Waals surface area contributed by atoms with Crippen LogP contribution in [0, 0.1) is 17.0 Å². The normalized spacial score (nSPS) is 15.0. The van der Waals surface area contributed by atoms with E-state index in [0.717, 1.165) is 36.0 Å². The molecular weight excluding hydrogens is 304 g/mol. The Bertz CT molecular complexity index is 767. The van der Waals surface area contributed by atoms with Crippen molar-refractivity contribution >= 4 is 23.7 Å². The summed E-state index contributed by atoms with van der Waals surface area (Å²) in [5.74, 6) is 1.69. The van der Waals surface area contributed by atoms with Crippen LogP contribution in [0.1, 0.15) is 36.3 Å². The molecule has 1 saturated heterocycles. The SMILES string of the molecule is Cc1nc(/C=C/c2cccc([N+](=O)[O-])c2)cc(N2CCCCC2)n1. The first-order chi connectivity index (χ1) is 11.6. The van der Waals surface area contributed by atoms with Gasteiger partial charge in [0.15, 0.2) is 0 Å². The van der Waals surface area contributed by atoms with E-state index in [4.69, 9.17) is 0 Å². The number of hydrogen-bond donors (Lipinski definition) is 0. The van der Waals surface area contributed by atoms with Crippen molar-refractivity contribution in [1.29, 1.82) is 0 Å². The summed E-state index contributed by atoms with van der Waals surface area (Å²) in [6, 6.07) is 8.54. The van der Waals surface area contributed by atoms with Crippen LogP contribution in [-0.4, -0.2) is 28.0 Å². The summed E-state index contributed by atoms with van der Waals surface area (Å²) < 4.78 is 0. The Morgan fingerprint density at radius 1 is 1.12 bits per heavy atom. The molecule has 2 heterocycles. The fourth-order valence-corrected chi connectivity index (χ4v) is 2.87. The molecule has 6 heteroatoms. The minimum absolute atomic E-state index is 0.0880. The molecule has 0 aliphatic carbocycles. The molecule has 1 aliphatic rings. The van der Waals surface area contributed by atoms with Crippen molar-refractivity contribution in [2.24, 2.45) is 0 Å². The molecule has 0 radical (unpaired) electrons. The lowest BCUT2D eigenvalue weighted by Gasteiger charge is -2.27. The maximum Gasteiger partial charge on any atom is 0.270 e. The van der Waals surface area contributed by atoms with Gasteiger partial charge in [-0.25, -0.2) is 9.97 Å². The van der Waals surface area contributed by atoms with E-state index in [9.17, 15) is 10.1 Å². The molecule has 0 spiro atoms. The minimum atomic E-state index is -0.388. The van der Waals surface area contributed by atoms with Crippen LogP contribution in [0.25, 0.3) is 12.2 Å². The number of non-ortho nitro benzene ring substituents is 1. The van der Waals surface area contributed by atoms with E-state index in [2.05, 4.69) is 14.9 Å². The summed E-state index contributed by atoms with van der Waals surface area (Å²) in [5, 5.41) is 10.8. The average molecular weight is 324 g/mol. The van der Waals surface area contributed by atoms with Gasteiger partial charge in [-0.3, -0.25) is 10.1 Å². The second-order valence-electron chi connectivity index (χ2n) is 5.93. The smallest absolute Gasteiger partial charge is 0.270 e. The Morgan fingerprint density at radius 2 is 1.92 bits per heavy atom. The van der Waals surface area contributed by atoms with E-state index in [1.807, 2.05) is 31.2 Å². The monoisotopic (exact) mass is 324 g/mol. The van der Waals surface area contributed by atoms with Gasteiger partial charge in [-0.2, -0.15) is 0 Å². The van der Waals surface area contributed by atoms with Gasteiger partial charge in [0, 0.05) is 31.3 Å². The summed E-state index contributed by atoms with van der Waals surface area (Å²) >= 11 is 0. The van der Waals surface area contributed by atoms with Gasteiger partial charge >= 0.3 is 0 Å². The molecule has 24 heavy (non-hydrogen) atoms. The molecule has 1 aromatic carbocycles. The molecule has 1 aliphatic heterocycles. The summed E-state index contributed by atoms with van der Waals surface area (Å²) in [7, 11) is 0. The number of nitro benzene ring substituents is 1. The topological polar surface area (TPSA) is 72.2 Å². The molecule has 0 N–H and O–H groups in total. The van der Waals surface area contributed by atoms with Crippen molar-refractivity contribution in [3.8, 4) is 0 Å². The maximum absolute atomic E-state index is 10.8. The highest BCUT2D eigenvalue weighted by atomic mass is 16.6. The number of piperidine rings is 1. The second kappa shape index (κ2) is 7.21. The Hall–Kier alpha value is -2.76. The van der Waals surface area contributed by atoms with Gasteiger partial charge in [-0.15, -0.1) is 0 Å². The number of aryl methyl sites for hydroxylation is 1. The number of rotatable bonds is 4. The van der Waals surface area contributed by atoms with Gasteiger partial charge in [-0.1, -0.05) is 18.2 Å². The lowest BCUT2D eigenvalue weighted by molar-refractivity contribution is -0.384. The molecule has 124 valence electrons. The van der Waals surface area contributed by atoms with Crippen molar-refractivity contribution in [2.75, 3.05) is 18.0 Å². The minimum Gasteiger partial charge on any atom is -0.356 e.